The standard InChI is InChI=1S/C16H12ClF2NO2S/c17-10-5-6-12-9(7-10)8-13(22-12)15(21)20-11-3-1-2-4-14(11)23-16(18)19/h1-7,13,16H,8H2,(H,20,21)/t13-/m1/s1. The predicted molar refractivity (Wildman–Crippen MR) is 86.5 cm³/mol. The van der Waals surface area contributed by atoms with E-state index < -0.39 is 11.9 Å². The van der Waals surface area contributed by atoms with Crippen LogP contribution in [0.3, 0.4) is 0 Å². The summed E-state index contributed by atoms with van der Waals surface area (Å²) in [6, 6.07) is 11.6. The summed E-state index contributed by atoms with van der Waals surface area (Å²) in [5, 5.41) is 3.23. The van der Waals surface area contributed by atoms with Gasteiger partial charge in [0.05, 0.1) is 5.69 Å². The largest absolute Gasteiger partial charge is 0.480 e. The fraction of sp³-hybridized carbons (Fsp3) is 0.188. The van der Waals surface area contributed by atoms with E-state index in [1.165, 1.54) is 6.07 Å². The number of rotatable bonds is 4. The summed E-state index contributed by atoms with van der Waals surface area (Å²) in [4.78, 5) is 12.7. The van der Waals surface area contributed by atoms with Gasteiger partial charge in [-0.05, 0) is 35.9 Å². The van der Waals surface area contributed by atoms with Gasteiger partial charge in [-0.15, -0.1) is 0 Å². The van der Waals surface area contributed by atoms with E-state index >= 15 is 0 Å². The molecule has 7 heteroatoms. The van der Waals surface area contributed by atoms with E-state index in [0.29, 0.717) is 39.5 Å². The number of thioether (sulfide) groups is 1. The molecule has 1 amide bonds. The average molecular weight is 356 g/mol. The van der Waals surface area contributed by atoms with Crippen molar-refractivity contribution in [3.63, 3.8) is 0 Å². The molecule has 3 rings (SSSR count). The minimum atomic E-state index is -2.55. The van der Waals surface area contributed by atoms with Gasteiger partial charge in [-0.25, -0.2) is 0 Å². The second-order valence-corrected chi connectivity index (χ2v) is 6.39. The van der Waals surface area contributed by atoms with Crippen molar-refractivity contribution in [3.8, 4) is 5.75 Å². The Morgan fingerprint density at radius 2 is 2.09 bits per heavy atom. The Hall–Kier alpha value is -1.79. The maximum Gasteiger partial charge on any atom is 0.288 e. The number of nitrogens with one attached hydrogen (secondary N) is 1. The molecule has 0 bridgehead atoms. The van der Waals surface area contributed by atoms with Gasteiger partial charge in [-0.2, -0.15) is 8.78 Å². The second kappa shape index (κ2) is 6.76. The van der Waals surface area contributed by atoms with Crippen LogP contribution in [-0.2, 0) is 11.2 Å². The average Bonchev–Trinajstić information content (AvgIpc) is 2.92. The third-order valence-corrected chi connectivity index (χ3v) is 4.37. The lowest BCUT2D eigenvalue weighted by Crippen LogP contribution is -2.31. The number of anilines is 1. The predicted octanol–water partition coefficient (Wildman–Crippen LogP) is 4.60. The first-order valence-electron chi connectivity index (χ1n) is 6.83. The fourth-order valence-electron chi connectivity index (χ4n) is 2.35. The first-order chi connectivity index (χ1) is 11.0. The highest BCUT2D eigenvalue weighted by atomic mass is 35.5. The van der Waals surface area contributed by atoms with Crippen molar-refractivity contribution >= 4 is 35.0 Å². The number of ether oxygens (including phenoxy) is 1. The first-order valence-corrected chi connectivity index (χ1v) is 8.08. The second-order valence-electron chi connectivity index (χ2n) is 4.93. The fourth-order valence-corrected chi connectivity index (χ4v) is 3.14. The molecule has 0 spiro atoms. The van der Waals surface area contributed by atoms with Crippen LogP contribution in [0.15, 0.2) is 47.4 Å². The Bertz CT molecular complexity index is 742. The zero-order valence-corrected chi connectivity index (χ0v) is 13.3. The van der Waals surface area contributed by atoms with Gasteiger partial charge in [0.2, 0.25) is 0 Å². The van der Waals surface area contributed by atoms with Gasteiger partial charge in [-0.1, -0.05) is 35.5 Å². The highest BCUT2D eigenvalue weighted by Crippen LogP contribution is 2.34. The smallest absolute Gasteiger partial charge is 0.288 e. The van der Waals surface area contributed by atoms with Crippen LogP contribution >= 0.6 is 23.4 Å². The van der Waals surface area contributed by atoms with Crippen LogP contribution in [0, 0.1) is 0 Å². The summed E-state index contributed by atoms with van der Waals surface area (Å²) in [7, 11) is 0. The van der Waals surface area contributed by atoms with Crippen molar-refractivity contribution in [2.45, 2.75) is 23.2 Å². The zero-order chi connectivity index (χ0) is 16.4. The molecule has 0 saturated carbocycles. The van der Waals surface area contributed by atoms with Gasteiger partial charge in [0, 0.05) is 16.3 Å². The molecule has 23 heavy (non-hydrogen) atoms. The van der Waals surface area contributed by atoms with Crippen molar-refractivity contribution in [1.82, 2.24) is 0 Å². The van der Waals surface area contributed by atoms with Gasteiger partial charge >= 0.3 is 0 Å². The number of carbonyl (C=O) groups is 1. The maximum atomic E-state index is 12.6. The van der Waals surface area contributed by atoms with Crippen molar-refractivity contribution in [2.24, 2.45) is 0 Å². The van der Waals surface area contributed by atoms with Crippen molar-refractivity contribution in [2.75, 3.05) is 5.32 Å². The molecule has 0 aliphatic carbocycles. The van der Waals surface area contributed by atoms with Crippen LogP contribution in [0.2, 0.25) is 5.02 Å². The number of hydrogen-bond donors (Lipinski definition) is 1. The van der Waals surface area contributed by atoms with E-state index in [2.05, 4.69) is 5.32 Å². The van der Waals surface area contributed by atoms with Crippen LogP contribution in [0.5, 0.6) is 5.75 Å². The molecule has 1 heterocycles. The molecule has 1 aliphatic rings. The minimum Gasteiger partial charge on any atom is -0.480 e. The minimum absolute atomic E-state index is 0.314. The Morgan fingerprint density at radius 3 is 2.87 bits per heavy atom. The summed E-state index contributed by atoms with van der Waals surface area (Å²) >= 11 is 6.31. The van der Waals surface area contributed by atoms with Gasteiger partial charge < -0.3 is 10.1 Å². The van der Waals surface area contributed by atoms with E-state index in [-0.39, 0.29) is 5.91 Å². The van der Waals surface area contributed by atoms with Crippen molar-refractivity contribution in [1.29, 1.82) is 0 Å². The molecule has 0 saturated heterocycles. The summed E-state index contributed by atoms with van der Waals surface area (Å²) in [5.41, 5.74) is 1.20. The number of fused-ring (bicyclic) bond motifs is 1. The highest BCUT2D eigenvalue weighted by molar-refractivity contribution is 7.99. The zero-order valence-electron chi connectivity index (χ0n) is 11.8. The van der Waals surface area contributed by atoms with E-state index in [1.54, 1.807) is 36.4 Å². The van der Waals surface area contributed by atoms with Gasteiger partial charge in [-0.3, -0.25) is 4.79 Å². The Labute approximate surface area is 141 Å². The number of para-hydroxylation sites is 1. The van der Waals surface area contributed by atoms with E-state index in [1.807, 2.05) is 0 Å². The Balaban J connectivity index is 1.72. The summed E-state index contributed by atoms with van der Waals surface area (Å²) < 4.78 is 30.7. The molecule has 0 radical (unpaired) electrons. The van der Waals surface area contributed by atoms with Crippen LogP contribution in [0.25, 0.3) is 0 Å². The molecule has 120 valence electrons. The van der Waals surface area contributed by atoms with Gasteiger partial charge in [0.25, 0.3) is 11.7 Å². The number of carbonyl (C=O) groups excluding carboxylic acids is 1. The molecule has 1 atom stereocenters. The quantitative estimate of drug-likeness (QED) is 0.815. The number of alkyl halides is 2. The third kappa shape index (κ3) is 3.76. The number of halogens is 3. The van der Waals surface area contributed by atoms with Crippen LogP contribution in [0.1, 0.15) is 5.56 Å². The Kier molecular flexibility index (Phi) is 4.73. The number of hydrogen-bond acceptors (Lipinski definition) is 3. The van der Waals surface area contributed by atoms with Crippen LogP contribution in [-0.4, -0.2) is 17.8 Å². The molecule has 0 fully saturated rings. The topological polar surface area (TPSA) is 38.3 Å². The lowest BCUT2D eigenvalue weighted by atomic mass is 10.1. The van der Waals surface area contributed by atoms with E-state index in [4.69, 9.17) is 16.3 Å². The molecule has 1 N–H and O–H groups in total. The van der Waals surface area contributed by atoms with Crippen LogP contribution in [0.4, 0.5) is 14.5 Å². The molecule has 3 nitrogen and oxygen atoms in total. The lowest BCUT2D eigenvalue weighted by Gasteiger charge is -2.14. The summed E-state index contributed by atoms with van der Waals surface area (Å²) in [6.07, 6.45) is -0.306. The van der Waals surface area contributed by atoms with E-state index in [0.717, 1.165) is 5.56 Å². The monoisotopic (exact) mass is 355 g/mol. The van der Waals surface area contributed by atoms with Gasteiger partial charge in [0.1, 0.15) is 5.75 Å². The molecule has 2 aromatic rings. The highest BCUT2D eigenvalue weighted by Gasteiger charge is 2.29. The Morgan fingerprint density at radius 1 is 1.30 bits per heavy atom. The van der Waals surface area contributed by atoms with Gasteiger partial charge in [0.15, 0.2) is 6.10 Å². The first kappa shape index (κ1) is 16.1. The van der Waals surface area contributed by atoms with Crippen molar-refractivity contribution < 1.29 is 18.3 Å². The summed E-state index contributed by atoms with van der Waals surface area (Å²) in [6.45, 7) is 0. The maximum absolute atomic E-state index is 12.6. The molecular weight excluding hydrogens is 344 g/mol. The number of benzene rings is 2. The molecule has 0 unspecified atom stereocenters. The molecule has 1 aliphatic heterocycles. The SMILES string of the molecule is O=C(Nc1ccccc1SC(F)F)[C@H]1Cc2cc(Cl)ccc2O1. The molecular formula is C16H12ClF2NO2S. The number of amides is 1. The van der Waals surface area contributed by atoms with E-state index in [9.17, 15) is 13.6 Å². The third-order valence-electron chi connectivity index (χ3n) is 3.35. The van der Waals surface area contributed by atoms with Crippen molar-refractivity contribution in [3.05, 3.63) is 53.1 Å². The van der Waals surface area contributed by atoms with Crippen LogP contribution < -0.4 is 10.1 Å². The summed E-state index contributed by atoms with van der Waals surface area (Å²) in [5.74, 6) is -2.31. The molecule has 0 aromatic heterocycles. The molecule has 2 aromatic carbocycles. The normalized spacial score (nSPS) is 16.1. The lowest BCUT2D eigenvalue weighted by molar-refractivity contribution is -0.122.